The summed E-state index contributed by atoms with van der Waals surface area (Å²) in [5, 5.41) is 9.66. The van der Waals surface area contributed by atoms with E-state index >= 15 is 0 Å². The first kappa shape index (κ1) is 23.1. The van der Waals surface area contributed by atoms with Crippen molar-refractivity contribution in [3.8, 4) is 0 Å². The van der Waals surface area contributed by atoms with E-state index in [1.165, 1.54) is 11.6 Å². The fourth-order valence-electron chi connectivity index (χ4n) is 3.76. The van der Waals surface area contributed by atoms with E-state index in [0.717, 1.165) is 40.6 Å². The maximum atomic E-state index is 11.3. The Morgan fingerprint density at radius 2 is 1.97 bits per heavy atom. The van der Waals surface area contributed by atoms with Gasteiger partial charge in [0, 0.05) is 24.9 Å². The molecule has 0 spiro atoms. The maximum absolute atomic E-state index is 11.3. The first-order valence-corrected chi connectivity index (χ1v) is 11.2. The predicted molar refractivity (Wildman–Crippen MR) is 127 cm³/mol. The molecule has 0 aliphatic carbocycles. The lowest BCUT2D eigenvalue weighted by Gasteiger charge is -2.29. The molecule has 0 radical (unpaired) electrons. The van der Waals surface area contributed by atoms with Crippen molar-refractivity contribution in [2.45, 2.75) is 31.3 Å². The summed E-state index contributed by atoms with van der Waals surface area (Å²) >= 11 is 1.74. The highest BCUT2D eigenvalue weighted by Crippen LogP contribution is 2.31. The average Bonchev–Trinajstić information content (AvgIpc) is 3.06. The summed E-state index contributed by atoms with van der Waals surface area (Å²) in [6.45, 7) is 6.36. The van der Waals surface area contributed by atoms with Gasteiger partial charge < -0.3 is 9.47 Å². The fraction of sp³-hybridized carbons (Fsp3) is 0.333. The summed E-state index contributed by atoms with van der Waals surface area (Å²) in [6.07, 6.45) is 2.96. The molecule has 2 aromatic carbocycles. The lowest BCUT2D eigenvalue weighted by Crippen LogP contribution is -2.32. The van der Waals surface area contributed by atoms with Crippen molar-refractivity contribution in [3.63, 3.8) is 0 Å². The van der Waals surface area contributed by atoms with Gasteiger partial charge in [-0.25, -0.2) is 10.5 Å². The van der Waals surface area contributed by atoms with Gasteiger partial charge in [0.05, 0.1) is 11.0 Å². The van der Waals surface area contributed by atoms with Crippen LogP contribution in [0.15, 0.2) is 59.8 Å². The van der Waals surface area contributed by atoms with Gasteiger partial charge in [0.1, 0.15) is 0 Å². The van der Waals surface area contributed by atoms with Gasteiger partial charge in [0.2, 0.25) is 0 Å². The number of nitrogens with zero attached hydrogens (tertiary/aromatic N) is 3. The largest absolute Gasteiger partial charge is 0.318 e. The van der Waals surface area contributed by atoms with Gasteiger partial charge in [-0.05, 0) is 48.8 Å². The average molecular weight is 439 g/mol. The molecule has 6 nitrogen and oxygen atoms in total. The molecule has 0 unspecified atom stereocenters. The van der Waals surface area contributed by atoms with E-state index in [9.17, 15) is 4.79 Å². The van der Waals surface area contributed by atoms with Gasteiger partial charge in [0.25, 0.3) is 5.91 Å². The van der Waals surface area contributed by atoms with E-state index in [-0.39, 0.29) is 5.41 Å². The number of aromatic nitrogens is 2. The van der Waals surface area contributed by atoms with Crippen LogP contribution in [-0.4, -0.2) is 46.2 Å². The number of carbonyl (C=O) groups excluding carboxylic acids is 1. The summed E-state index contributed by atoms with van der Waals surface area (Å²) in [6, 6.07) is 16.4. The Kier molecular flexibility index (Phi) is 7.54. The Bertz CT molecular complexity index is 1060. The van der Waals surface area contributed by atoms with Crippen molar-refractivity contribution in [1.82, 2.24) is 19.9 Å². The van der Waals surface area contributed by atoms with Gasteiger partial charge in [0.15, 0.2) is 5.16 Å². The predicted octanol–water partition coefficient (Wildman–Crippen LogP) is 4.44. The lowest BCUT2D eigenvalue weighted by atomic mass is 9.93. The van der Waals surface area contributed by atoms with Crippen molar-refractivity contribution < 1.29 is 10.0 Å². The zero-order valence-corrected chi connectivity index (χ0v) is 19.3. The minimum Gasteiger partial charge on any atom is -0.318 e. The van der Waals surface area contributed by atoms with Crippen LogP contribution < -0.4 is 5.48 Å². The maximum Gasteiger partial charge on any atom is 0.267 e. The van der Waals surface area contributed by atoms with E-state index in [1.54, 1.807) is 23.3 Å². The molecule has 2 N–H and O–H groups in total. The van der Waals surface area contributed by atoms with Gasteiger partial charge in [-0.2, -0.15) is 0 Å². The second-order valence-electron chi connectivity index (χ2n) is 8.71. The number of hydrogen-bond acceptors (Lipinski definition) is 5. The summed E-state index contributed by atoms with van der Waals surface area (Å²) in [7, 11) is 4.19. The SMILES string of the molecule is CN(C)CC(C)(C)Cn1c(SCc2ccccc2)nc2cc(C=CC(=O)NO)ccc21. The molecule has 0 bridgehead atoms. The van der Waals surface area contributed by atoms with Crippen molar-refractivity contribution >= 4 is 34.8 Å². The second kappa shape index (κ2) is 10.1. The van der Waals surface area contributed by atoms with E-state index in [4.69, 9.17) is 10.2 Å². The van der Waals surface area contributed by atoms with E-state index < -0.39 is 5.91 Å². The van der Waals surface area contributed by atoms with Crippen LogP contribution in [0.2, 0.25) is 0 Å². The molecule has 0 atom stereocenters. The Morgan fingerprint density at radius 1 is 1.23 bits per heavy atom. The Hall–Kier alpha value is -2.61. The van der Waals surface area contributed by atoms with Crippen LogP contribution in [0.5, 0.6) is 0 Å². The standard InChI is InChI=1S/C24H30N4O2S/c1-24(2,16-27(3)4)17-28-21-12-10-18(11-13-22(29)26-30)14-20(21)25-23(28)31-15-19-8-6-5-7-9-19/h5-14,30H,15-17H2,1-4H3,(H,26,29). The Labute approximate surface area is 187 Å². The van der Waals surface area contributed by atoms with Crippen LogP contribution >= 0.6 is 11.8 Å². The third kappa shape index (κ3) is 6.43. The van der Waals surface area contributed by atoms with Gasteiger partial charge in [-0.1, -0.05) is 62.0 Å². The van der Waals surface area contributed by atoms with Crippen LogP contribution in [-0.2, 0) is 17.1 Å². The smallest absolute Gasteiger partial charge is 0.267 e. The normalized spacial score (nSPS) is 12.2. The van der Waals surface area contributed by atoms with E-state index in [2.05, 4.69) is 67.7 Å². The molecular formula is C24H30N4O2S. The quantitative estimate of drug-likeness (QED) is 0.224. The molecule has 3 rings (SSSR count). The number of carbonyl (C=O) groups is 1. The highest BCUT2D eigenvalue weighted by molar-refractivity contribution is 7.98. The molecule has 0 aliphatic heterocycles. The van der Waals surface area contributed by atoms with Crippen molar-refractivity contribution in [2.75, 3.05) is 20.6 Å². The summed E-state index contributed by atoms with van der Waals surface area (Å²) in [5.74, 6) is 0.289. The molecule has 1 amide bonds. The minimum atomic E-state index is -0.560. The van der Waals surface area contributed by atoms with Crippen LogP contribution in [0.3, 0.4) is 0 Å². The molecule has 1 aromatic heterocycles. The van der Waals surface area contributed by atoms with Crippen molar-refractivity contribution in [3.05, 3.63) is 65.7 Å². The third-order valence-electron chi connectivity index (χ3n) is 4.82. The van der Waals surface area contributed by atoms with Gasteiger partial charge in [-0.15, -0.1) is 0 Å². The van der Waals surface area contributed by atoms with Crippen LogP contribution in [0.25, 0.3) is 17.1 Å². The van der Waals surface area contributed by atoms with Crippen LogP contribution in [0.4, 0.5) is 0 Å². The molecule has 0 saturated heterocycles. The lowest BCUT2D eigenvalue weighted by molar-refractivity contribution is -0.124. The highest BCUT2D eigenvalue weighted by atomic mass is 32.2. The number of hydrogen-bond donors (Lipinski definition) is 2. The number of benzene rings is 2. The third-order valence-corrected chi connectivity index (χ3v) is 5.86. The summed E-state index contributed by atoms with van der Waals surface area (Å²) < 4.78 is 2.31. The van der Waals surface area contributed by atoms with Crippen molar-refractivity contribution in [1.29, 1.82) is 0 Å². The zero-order valence-electron chi connectivity index (χ0n) is 18.5. The number of imidazole rings is 1. The molecule has 31 heavy (non-hydrogen) atoms. The monoisotopic (exact) mass is 438 g/mol. The van der Waals surface area contributed by atoms with E-state index in [0.29, 0.717) is 0 Å². The molecule has 1 heterocycles. The molecule has 0 aliphatic rings. The highest BCUT2D eigenvalue weighted by Gasteiger charge is 2.23. The van der Waals surface area contributed by atoms with E-state index in [1.807, 2.05) is 18.2 Å². The summed E-state index contributed by atoms with van der Waals surface area (Å²) in [4.78, 5) is 18.4. The number of thioether (sulfide) groups is 1. The van der Waals surface area contributed by atoms with Gasteiger partial charge >= 0.3 is 0 Å². The molecular weight excluding hydrogens is 408 g/mol. The van der Waals surface area contributed by atoms with Crippen LogP contribution in [0, 0.1) is 5.41 Å². The van der Waals surface area contributed by atoms with Crippen LogP contribution in [0.1, 0.15) is 25.0 Å². The van der Waals surface area contributed by atoms with Crippen molar-refractivity contribution in [2.24, 2.45) is 5.41 Å². The molecule has 0 saturated carbocycles. The Balaban J connectivity index is 1.95. The topological polar surface area (TPSA) is 70.4 Å². The first-order valence-electron chi connectivity index (χ1n) is 10.2. The second-order valence-corrected chi connectivity index (χ2v) is 9.66. The number of rotatable bonds is 9. The Morgan fingerprint density at radius 3 is 2.65 bits per heavy atom. The number of amides is 1. The molecule has 3 aromatic rings. The minimum absolute atomic E-state index is 0.0664. The first-order chi connectivity index (χ1) is 14.8. The summed E-state index contributed by atoms with van der Waals surface area (Å²) in [5.41, 5.74) is 5.76. The fourth-order valence-corrected chi connectivity index (χ4v) is 4.73. The molecule has 0 fully saturated rings. The number of fused-ring (bicyclic) bond motifs is 1. The molecule has 164 valence electrons. The molecule has 7 heteroatoms. The zero-order chi connectivity index (χ0) is 22.4. The van der Waals surface area contributed by atoms with Gasteiger partial charge in [-0.3, -0.25) is 10.0 Å². The number of nitrogens with one attached hydrogen (secondary N) is 1. The number of hydroxylamine groups is 1.